The average Bonchev–Trinajstić information content (AvgIpc) is 2.84. The Morgan fingerprint density at radius 3 is 2.62 bits per heavy atom. The van der Waals surface area contributed by atoms with E-state index < -0.39 is 17.6 Å². The van der Waals surface area contributed by atoms with E-state index in [0.717, 1.165) is 6.07 Å². The van der Waals surface area contributed by atoms with E-state index in [2.05, 4.69) is 5.32 Å². The molecular weight excluding hydrogens is 285 g/mol. The van der Waals surface area contributed by atoms with E-state index in [-0.39, 0.29) is 23.4 Å². The van der Waals surface area contributed by atoms with Gasteiger partial charge in [0, 0.05) is 12.0 Å². The van der Waals surface area contributed by atoms with Crippen molar-refractivity contribution in [2.24, 2.45) is 11.7 Å². The van der Waals surface area contributed by atoms with Crippen molar-refractivity contribution in [3.05, 3.63) is 23.8 Å². The molecule has 21 heavy (non-hydrogen) atoms. The summed E-state index contributed by atoms with van der Waals surface area (Å²) in [5.74, 6) is -0.662. The number of benzene rings is 1. The molecule has 0 aliphatic heterocycles. The number of nitrogens with one attached hydrogen (secondary N) is 1. The van der Waals surface area contributed by atoms with Crippen LogP contribution in [0.25, 0.3) is 0 Å². The van der Waals surface area contributed by atoms with E-state index in [1.165, 1.54) is 19.2 Å². The molecule has 1 amide bonds. The lowest BCUT2D eigenvalue weighted by Gasteiger charge is -2.17. The average molecular weight is 302 g/mol. The first kappa shape index (κ1) is 15.6. The van der Waals surface area contributed by atoms with Crippen molar-refractivity contribution in [3.8, 4) is 5.75 Å². The van der Waals surface area contributed by atoms with Gasteiger partial charge in [-0.15, -0.1) is 0 Å². The molecule has 0 bridgehead atoms. The smallest absolute Gasteiger partial charge is 0.418 e. The largest absolute Gasteiger partial charge is 0.497 e. The molecule has 116 valence electrons. The maximum absolute atomic E-state index is 13.0. The van der Waals surface area contributed by atoms with Crippen molar-refractivity contribution >= 4 is 11.6 Å². The zero-order chi connectivity index (χ0) is 15.6. The fourth-order valence-corrected chi connectivity index (χ4v) is 2.48. The zero-order valence-electron chi connectivity index (χ0n) is 11.5. The number of amides is 1. The second-order valence-corrected chi connectivity index (χ2v) is 5.17. The quantitative estimate of drug-likeness (QED) is 0.902. The van der Waals surface area contributed by atoms with Crippen LogP contribution in [-0.4, -0.2) is 19.1 Å². The first-order valence-corrected chi connectivity index (χ1v) is 6.63. The maximum atomic E-state index is 13.0. The summed E-state index contributed by atoms with van der Waals surface area (Å²) in [4.78, 5) is 12.0. The molecule has 1 aromatic carbocycles. The lowest BCUT2D eigenvalue weighted by atomic mass is 10.1. The highest BCUT2D eigenvalue weighted by molar-refractivity contribution is 5.93. The molecule has 2 unspecified atom stereocenters. The van der Waals surface area contributed by atoms with Crippen molar-refractivity contribution < 1.29 is 22.7 Å². The van der Waals surface area contributed by atoms with Gasteiger partial charge in [0.25, 0.3) is 0 Å². The number of hydrogen-bond donors (Lipinski definition) is 2. The fourth-order valence-electron chi connectivity index (χ4n) is 2.48. The zero-order valence-corrected chi connectivity index (χ0v) is 11.5. The van der Waals surface area contributed by atoms with Gasteiger partial charge < -0.3 is 15.8 Å². The molecule has 3 N–H and O–H groups in total. The Bertz CT molecular complexity index is 531. The molecule has 0 aromatic heterocycles. The number of ether oxygens (including phenoxy) is 1. The molecule has 4 nitrogen and oxygen atoms in total. The van der Waals surface area contributed by atoms with Gasteiger partial charge in [0.2, 0.25) is 5.91 Å². The minimum absolute atomic E-state index is 0.0568. The molecule has 1 aliphatic rings. The molecule has 2 atom stereocenters. The van der Waals surface area contributed by atoms with Gasteiger partial charge >= 0.3 is 6.18 Å². The summed E-state index contributed by atoms with van der Waals surface area (Å²) in [5.41, 5.74) is 4.54. The van der Waals surface area contributed by atoms with Crippen molar-refractivity contribution in [1.82, 2.24) is 0 Å². The van der Waals surface area contributed by atoms with E-state index in [1.54, 1.807) is 0 Å². The summed E-state index contributed by atoms with van der Waals surface area (Å²) >= 11 is 0. The van der Waals surface area contributed by atoms with Crippen LogP contribution in [0.4, 0.5) is 18.9 Å². The number of nitrogens with two attached hydrogens (primary N) is 1. The van der Waals surface area contributed by atoms with Crippen LogP contribution in [0.15, 0.2) is 18.2 Å². The number of halogens is 3. The van der Waals surface area contributed by atoms with Gasteiger partial charge in [-0.1, -0.05) is 0 Å². The Morgan fingerprint density at radius 1 is 1.38 bits per heavy atom. The van der Waals surface area contributed by atoms with E-state index in [0.29, 0.717) is 19.3 Å². The lowest BCUT2D eigenvalue weighted by Crippen LogP contribution is -2.24. The third-order valence-electron chi connectivity index (χ3n) is 3.63. The van der Waals surface area contributed by atoms with Crippen LogP contribution < -0.4 is 15.8 Å². The second kappa shape index (κ2) is 5.93. The van der Waals surface area contributed by atoms with Gasteiger partial charge in [-0.05, 0) is 37.5 Å². The summed E-state index contributed by atoms with van der Waals surface area (Å²) in [7, 11) is 1.29. The van der Waals surface area contributed by atoms with Crippen LogP contribution in [0.5, 0.6) is 5.75 Å². The van der Waals surface area contributed by atoms with Crippen LogP contribution in [0, 0.1) is 5.92 Å². The standard InChI is InChI=1S/C14H17F3N2O2/c1-21-10-4-5-12(11(7-10)14(15,16)17)19-13(20)8-2-3-9(18)6-8/h4-5,7-9H,2-3,6,18H2,1H3,(H,19,20). The third-order valence-corrected chi connectivity index (χ3v) is 3.63. The molecular formula is C14H17F3N2O2. The van der Waals surface area contributed by atoms with Gasteiger partial charge in [0.1, 0.15) is 5.75 Å². The Kier molecular flexibility index (Phi) is 4.41. The molecule has 1 saturated carbocycles. The lowest BCUT2D eigenvalue weighted by molar-refractivity contribution is -0.137. The van der Waals surface area contributed by atoms with Crippen molar-refractivity contribution in [1.29, 1.82) is 0 Å². The highest BCUT2D eigenvalue weighted by Crippen LogP contribution is 2.37. The SMILES string of the molecule is COc1ccc(NC(=O)C2CCC(N)C2)c(C(F)(F)F)c1. The molecule has 0 spiro atoms. The number of carbonyl (C=O) groups excluding carboxylic acids is 1. The Morgan fingerprint density at radius 2 is 2.10 bits per heavy atom. The van der Waals surface area contributed by atoms with E-state index in [9.17, 15) is 18.0 Å². The number of methoxy groups -OCH3 is 1. The van der Waals surface area contributed by atoms with Crippen molar-refractivity contribution in [2.45, 2.75) is 31.5 Å². The second-order valence-electron chi connectivity index (χ2n) is 5.17. The number of hydrogen-bond acceptors (Lipinski definition) is 3. The van der Waals surface area contributed by atoms with Crippen LogP contribution in [0.1, 0.15) is 24.8 Å². The highest BCUT2D eigenvalue weighted by atomic mass is 19.4. The normalized spacial score (nSPS) is 22.1. The number of alkyl halides is 3. The maximum Gasteiger partial charge on any atom is 0.418 e. The molecule has 0 saturated heterocycles. The van der Waals surface area contributed by atoms with Crippen LogP contribution in [-0.2, 0) is 11.0 Å². The van der Waals surface area contributed by atoms with Crippen LogP contribution in [0.2, 0.25) is 0 Å². The number of anilines is 1. The van der Waals surface area contributed by atoms with E-state index >= 15 is 0 Å². The summed E-state index contributed by atoms with van der Waals surface area (Å²) in [6.45, 7) is 0. The first-order valence-electron chi connectivity index (χ1n) is 6.63. The Labute approximate surface area is 120 Å². The molecule has 1 aliphatic carbocycles. The molecule has 7 heteroatoms. The van der Waals surface area contributed by atoms with E-state index in [4.69, 9.17) is 10.5 Å². The molecule has 1 aromatic rings. The predicted octanol–water partition coefficient (Wildman–Crippen LogP) is 2.78. The summed E-state index contributed by atoms with van der Waals surface area (Å²) in [6.07, 6.45) is -2.75. The van der Waals surface area contributed by atoms with Gasteiger partial charge in [0.15, 0.2) is 0 Å². The number of rotatable bonds is 3. The van der Waals surface area contributed by atoms with Crippen molar-refractivity contribution in [2.75, 3.05) is 12.4 Å². The first-order chi connectivity index (χ1) is 9.81. The fraction of sp³-hybridized carbons (Fsp3) is 0.500. The molecule has 1 fully saturated rings. The highest BCUT2D eigenvalue weighted by Gasteiger charge is 2.35. The Balaban J connectivity index is 2.21. The summed E-state index contributed by atoms with van der Waals surface area (Å²) in [5, 5.41) is 2.36. The predicted molar refractivity (Wildman–Crippen MR) is 71.9 cm³/mol. The summed E-state index contributed by atoms with van der Waals surface area (Å²) in [6, 6.07) is 3.40. The van der Waals surface area contributed by atoms with Gasteiger partial charge in [-0.2, -0.15) is 13.2 Å². The third kappa shape index (κ3) is 3.66. The van der Waals surface area contributed by atoms with Crippen LogP contribution >= 0.6 is 0 Å². The van der Waals surface area contributed by atoms with Crippen molar-refractivity contribution in [3.63, 3.8) is 0 Å². The minimum Gasteiger partial charge on any atom is -0.497 e. The van der Waals surface area contributed by atoms with Crippen LogP contribution in [0.3, 0.4) is 0 Å². The van der Waals surface area contributed by atoms with Gasteiger partial charge in [-0.25, -0.2) is 0 Å². The number of carbonyl (C=O) groups is 1. The van der Waals surface area contributed by atoms with E-state index in [1.807, 2.05) is 0 Å². The summed E-state index contributed by atoms with van der Waals surface area (Å²) < 4.78 is 43.9. The van der Waals surface area contributed by atoms with Gasteiger partial charge in [0.05, 0.1) is 18.4 Å². The minimum atomic E-state index is -4.57. The molecule has 0 radical (unpaired) electrons. The molecule has 0 heterocycles. The van der Waals surface area contributed by atoms with Gasteiger partial charge in [-0.3, -0.25) is 4.79 Å². The Hall–Kier alpha value is -1.76. The molecule has 2 rings (SSSR count). The topological polar surface area (TPSA) is 64.3 Å². The monoisotopic (exact) mass is 302 g/mol.